The van der Waals surface area contributed by atoms with Crippen LogP contribution in [0.3, 0.4) is 0 Å². The zero-order chi connectivity index (χ0) is 23.6. The van der Waals surface area contributed by atoms with E-state index in [2.05, 4.69) is 10.1 Å². The van der Waals surface area contributed by atoms with Crippen molar-refractivity contribution in [3.8, 4) is 0 Å². The third-order valence-corrected chi connectivity index (χ3v) is 5.72. The van der Waals surface area contributed by atoms with Gasteiger partial charge in [-0.05, 0) is 33.8 Å². The van der Waals surface area contributed by atoms with Gasteiger partial charge in [0.2, 0.25) is 5.91 Å². The summed E-state index contributed by atoms with van der Waals surface area (Å²) >= 11 is 0. The van der Waals surface area contributed by atoms with Crippen LogP contribution in [0.15, 0.2) is 36.5 Å². The number of hydrogen-bond donors (Lipinski definition) is 1. The van der Waals surface area contributed by atoms with Gasteiger partial charge in [-0.1, -0.05) is 18.2 Å². The Morgan fingerprint density at radius 3 is 2.29 bits per heavy atom. The van der Waals surface area contributed by atoms with Crippen LogP contribution in [0, 0.1) is 17.8 Å². The number of hydrogen-bond acceptors (Lipinski definition) is 8. The SMILES string of the molecule is CC=CC=CC(=O)C1C(=O)C(C)C(=O)[C@@]2(C)OC(=O)[C@@](C)(NC(=O)C=CC(=O)OC)[C@@H]12. The fourth-order valence-electron chi connectivity index (χ4n) is 4.20. The quantitative estimate of drug-likeness (QED) is 0.280. The van der Waals surface area contributed by atoms with Gasteiger partial charge in [0, 0.05) is 12.2 Å². The number of fused-ring (bicyclic) bond motifs is 1. The Bertz CT molecular complexity index is 930. The molecule has 0 aromatic rings. The highest BCUT2D eigenvalue weighted by Crippen LogP contribution is 2.50. The summed E-state index contributed by atoms with van der Waals surface area (Å²) in [6, 6.07) is 0. The lowest BCUT2D eigenvalue weighted by atomic mass is 9.58. The van der Waals surface area contributed by atoms with Gasteiger partial charge in [-0.2, -0.15) is 0 Å². The highest BCUT2D eigenvalue weighted by atomic mass is 16.6. The predicted molar refractivity (Wildman–Crippen MR) is 107 cm³/mol. The van der Waals surface area contributed by atoms with Crippen LogP contribution in [-0.2, 0) is 38.2 Å². The van der Waals surface area contributed by atoms with Crippen LogP contribution < -0.4 is 5.32 Å². The molecule has 2 fully saturated rings. The fourth-order valence-corrected chi connectivity index (χ4v) is 4.20. The summed E-state index contributed by atoms with van der Waals surface area (Å²) in [5.41, 5.74) is -3.65. The summed E-state index contributed by atoms with van der Waals surface area (Å²) in [5, 5.41) is 2.41. The molecule has 2 unspecified atom stereocenters. The summed E-state index contributed by atoms with van der Waals surface area (Å²) in [7, 11) is 1.13. The van der Waals surface area contributed by atoms with Crippen molar-refractivity contribution in [3.05, 3.63) is 36.5 Å². The van der Waals surface area contributed by atoms with E-state index in [1.165, 1.54) is 32.9 Å². The number of ketones is 3. The zero-order valence-corrected chi connectivity index (χ0v) is 18.0. The molecule has 9 nitrogen and oxygen atoms in total. The summed E-state index contributed by atoms with van der Waals surface area (Å²) < 4.78 is 9.80. The number of esters is 2. The number of allylic oxidation sites excluding steroid dienone is 4. The van der Waals surface area contributed by atoms with E-state index in [0.29, 0.717) is 0 Å². The standard InChI is InChI=1S/C22H25NO8/c1-6-7-8-9-13(24)16-17(27)12(2)19(28)22(4)18(16)21(3,20(29)31-22)23-14(25)10-11-15(26)30-5/h6-12,16,18H,1-5H3,(H,23,25)/t12?,16?,18-,21+,22+/m1/s1. The average molecular weight is 431 g/mol. The molecule has 0 spiro atoms. The first-order valence-corrected chi connectivity index (χ1v) is 9.66. The lowest BCUT2D eigenvalue weighted by molar-refractivity contribution is -0.168. The minimum atomic E-state index is -1.87. The van der Waals surface area contributed by atoms with Crippen molar-refractivity contribution in [1.29, 1.82) is 0 Å². The molecule has 1 aliphatic carbocycles. The number of carbonyl (C=O) groups excluding carboxylic acids is 6. The van der Waals surface area contributed by atoms with Gasteiger partial charge in [-0.3, -0.25) is 19.2 Å². The van der Waals surface area contributed by atoms with E-state index < -0.39 is 64.1 Å². The summed E-state index contributed by atoms with van der Waals surface area (Å²) in [6.45, 7) is 5.75. The minimum absolute atomic E-state index is 0.609. The third kappa shape index (κ3) is 4.12. The van der Waals surface area contributed by atoms with Crippen molar-refractivity contribution < 1.29 is 38.2 Å². The molecule has 31 heavy (non-hydrogen) atoms. The maximum absolute atomic E-state index is 13.0. The van der Waals surface area contributed by atoms with Crippen molar-refractivity contribution in [2.45, 2.75) is 38.8 Å². The number of amides is 1. The Morgan fingerprint density at radius 2 is 1.71 bits per heavy atom. The van der Waals surface area contributed by atoms with E-state index in [0.717, 1.165) is 19.3 Å². The lowest BCUT2D eigenvalue weighted by Crippen LogP contribution is -2.65. The zero-order valence-electron chi connectivity index (χ0n) is 18.0. The van der Waals surface area contributed by atoms with E-state index in [1.54, 1.807) is 19.1 Å². The Morgan fingerprint density at radius 1 is 1.06 bits per heavy atom. The number of rotatable bonds is 6. The first-order valence-electron chi connectivity index (χ1n) is 9.66. The molecule has 5 atom stereocenters. The summed E-state index contributed by atoms with van der Waals surface area (Å²) in [5.74, 6) is -8.32. The average Bonchev–Trinajstić information content (AvgIpc) is 2.91. The molecule has 2 aliphatic rings. The molecule has 0 bridgehead atoms. The molecule has 1 heterocycles. The molecule has 1 amide bonds. The first kappa shape index (κ1) is 23.9. The van der Waals surface area contributed by atoms with Gasteiger partial charge in [0.25, 0.3) is 0 Å². The number of methoxy groups -OCH3 is 1. The maximum atomic E-state index is 13.0. The van der Waals surface area contributed by atoms with Gasteiger partial charge in [0.05, 0.1) is 24.9 Å². The highest BCUT2D eigenvalue weighted by molar-refractivity contribution is 6.20. The summed E-state index contributed by atoms with van der Waals surface area (Å²) in [4.78, 5) is 75.3. The molecule has 1 saturated heterocycles. The largest absolute Gasteiger partial charge is 0.466 e. The second-order valence-electron chi connectivity index (χ2n) is 7.78. The van der Waals surface area contributed by atoms with Crippen LogP contribution in [0.5, 0.6) is 0 Å². The second-order valence-corrected chi connectivity index (χ2v) is 7.78. The molecule has 0 aromatic carbocycles. The Balaban J connectivity index is 2.54. The normalized spacial score (nSPS) is 33.1. The molecule has 2 rings (SSSR count). The van der Waals surface area contributed by atoms with E-state index in [1.807, 2.05) is 0 Å². The van der Waals surface area contributed by atoms with Gasteiger partial charge >= 0.3 is 11.9 Å². The second kappa shape index (κ2) is 8.79. The van der Waals surface area contributed by atoms with Crippen LogP contribution >= 0.6 is 0 Å². The lowest BCUT2D eigenvalue weighted by Gasteiger charge is -2.43. The molecule has 0 aromatic heterocycles. The number of ether oxygens (including phenoxy) is 2. The van der Waals surface area contributed by atoms with E-state index in [4.69, 9.17) is 4.74 Å². The Hall–Kier alpha value is -3.36. The highest BCUT2D eigenvalue weighted by Gasteiger charge is 2.72. The molecular weight excluding hydrogens is 406 g/mol. The van der Waals surface area contributed by atoms with Gasteiger partial charge in [0.15, 0.2) is 23.0 Å². The molecule has 1 saturated carbocycles. The van der Waals surface area contributed by atoms with E-state index in [-0.39, 0.29) is 0 Å². The smallest absolute Gasteiger partial charge is 0.333 e. The van der Waals surface area contributed by atoms with Crippen molar-refractivity contribution in [2.24, 2.45) is 17.8 Å². The molecule has 166 valence electrons. The van der Waals surface area contributed by atoms with Crippen molar-refractivity contribution >= 4 is 35.2 Å². The van der Waals surface area contributed by atoms with Gasteiger partial charge in [-0.25, -0.2) is 9.59 Å². The van der Waals surface area contributed by atoms with Crippen LogP contribution in [0.4, 0.5) is 0 Å². The monoisotopic (exact) mass is 431 g/mol. The molecule has 1 N–H and O–H groups in total. The third-order valence-electron chi connectivity index (χ3n) is 5.72. The fraction of sp³-hybridized carbons (Fsp3) is 0.455. The molecule has 9 heteroatoms. The van der Waals surface area contributed by atoms with Crippen molar-refractivity contribution in [3.63, 3.8) is 0 Å². The number of nitrogens with one attached hydrogen (secondary N) is 1. The number of Topliss-reactive ketones (excluding diaryl/α,β-unsaturated/α-hetero) is 2. The van der Waals surface area contributed by atoms with Crippen LogP contribution in [0.25, 0.3) is 0 Å². The van der Waals surface area contributed by atoms with Crippen LogP contribution in [0.2, 0.25) is 0 Å². The molecule has 0 radical (unpaired) electrons. The molecular formula is C22H25NO8. The van der Waals surface area contributed by atoms with Crippen LogP contribution in [-0.4, -0.2) is 53.4 Å². The Labute approximate surface area is 179 Å². The van der Waals surface area contributed by atoms with Gasteiger partial charge in [0.1, 0.15) is 5.54 Å². The topological polar surface area (TPSA) is 133 Å². The Kier molecular flexibility index (Phi) is 6.78. The van der Waals surface area contributed by atoms with Gasteiger partial charge in [-0.15, -0.1) is 0 Å². The predicted octanol–water partition coefficient (Wildman–Crippen LogP) is 0.628. The first-order chi connectivity index (χ1) is 14.4. The van der Waals surface area contributed by atoms with E-state index in [9.17, 15) is 28.8 Å². The van der Waals surface area contributed by atoms with Crippen molar-refractivity contribution in [1.82, 2.24) is 5.32 Å². The maximum Gasteiger partial charge on any atom is 0.333 e. The van der Waals surface area contributed by atoms with Gasteiger partial charge < -0.3 is 14.8 Å². The molecule has 1 aliphatic heterocycles. The summed E-state index contributed by atoms with van der Waals surface area (Å²) in [6.07, 6.45) is 7.60. The van der Waals surface area contributed by atoms with E-state index >= 15 is 0 Å². The van der Waals surface area contributed by atoms with Crippen LogP contribution in [0.1, 0.15) is 27.7 Å². The number of carbonyl (C=O) groups is 6. The minimum Gasteiger partial charge on any atom is -0.466 e. The van der Waals surface area contributed by atoms with Crippen molar-refractivity contribution in [2.75, 3.05) is 7.11 Å².